The highest BCUT2D eigenvalue weighted by molar-refractivity contribution is 6.00. The third-order valence-electron chi connectivity index (χ3n) is 23.4. The fraction of sp³-hybridized carbons (Fsp3) is 0.419. The van der Waals surface area contributed by atoms with Crippen molar-refractivity contribution in [2.24, 2.45) is 17.2 Å². The summed E-state index contributed by atoms with van der Waals surface area (Å²) in [5.74, 6) is -1.08. The number of rotatable bonds is 6. The quantitative estimate of drug-likeness (QED) is 0.0600. The van der Waals surface area contributed by atoms with Crippen molar-refractivity contribution in [2.45, 2.75) is 309 Å². The molecule has 810 valence electrons. The summed E-state index contributed by atoms with van der Waals surface area (Å²) in [6, 6.07) is 38.4. The summed E-state index contributed by atoms with van der Waals surface area (Å²) in [7, 11) is 5.11. The molecule has 0 aliphatic rings. The van der Waals surface area contributed by atoms with Gasteiger partial charge in [0.1, 0.15) is 75.1 Å². The minimum absolute atomic E-state index is 0. The number of anilines is 1. The van der Waals surface area contributed by atoms with Crippen LogP contribution in [0.15, 0.2) is 227 Å². The average Bonchev–Trinajstić information content (AvgIpc) is 1.61. The highest BCUT2D eigenvalue weighted by Crippen LogP contribution is 2.33. The first-order valence-electron chi connectivity index (χ1n) is 46.4. The van der Waals surface area contributed by atoms with Gasteiger partial charge in [-0.25, -0.2) is 59.4 Å². The highest BCUT2D eigenvalue weighted by atomic mass is 16.5. The number of carbonyl (C=O) groups excluding carboxylic acids is 5. The number of carbonyl (C=O) groups is 5. The zero-order valence-corrected chi connectivity index (χ0v) is 86.8. The van der Waals surface area contributed by atoms with Crippen LogP contribution in [0.25, 0.3) is 55.9 Å². The molecule has 5 amide bonds. The average molecular weight is 2040 g/mol. The van der Waals surface area contributed by atoms with Crippen LogP contribution in [-0.4, -0.2) is 151 Å². The van der Waals surface area contributed by atoms with Gasteiger partial charge in [-0.2, -0.15) is 10.2 Å². The minimum atomic E-state index is -0.566. The van der Waals surface area contributed by atoms with Gasteiger partial charge in [-0.3, -0.25) is 46.8 Å². The number of nitrogens with zero attached hydrogens (tertiary/aromatic N) is 20. The normalized spacial score (nSPS) is 11.2. The van der Waals surface area contributed by atoms with E-state index in [0.717, 1.165) is 72.7 Å². The first-order valence-corrected chi connectivity index (χ1v) is 46.4. The molecule has 1 aromatic carbocycles. The number of nitrogens with one attached hydrogen (secondary N) is 2. The lowest BCUT2D eigenvalue weighted by Gasteiger charge is -2.19. The van der Waals surface area contributed by atoms with Crippen molar-refractivity contribution in [1.82, 2.24) is 106 Å². The van der Waals surface area contributed by atoms with E-state index in [1.54, 1.807) is 68.1 Å². The number of pyridine rings is 8. The van der Waals surface area contributed by atoms with Gasteiger partial charge in [0.05, 0.1) is 59.5 Å². The third-order valence-corrected chi connectivity index (χ3v) is 23.4. The lowest BCUT2D eigenvalue weighted by atomic mass is 9.86. The second kappa shape index (κ2) is 52.6. The van der Waals surface area contributed by atoms with Crippen molar-refractivity contribution in [2.75, 3.05) is 26.9 Å². The lowest BCUT2D eigenvalue weighted by molar-refractivity contribution is 0.0699. The van der Waals surface area contributed by atoms with Gasteiger partial charge in [-0.05, 0) is 166 Å². The van der Waals surface area contributed by atoms with Crippen LogP contribution in [0.2, 0.25) is 0 Å². The Balaban J connectivity index is 0.000000833. The Hall–Kier alpha value is -14.9. The van der Waals surface area contributed by atoms with Gasteiger partial charge < -0.3 is 42.0 Å². The molecule has 17 heterocycles. The zero-order valence-electron chi connectivity index (χ0n) is 86.8. The van der Waals surface area contributed by atoms with Crippen LogP contribution < -0.4 is 33.7 Å². The van der Waals surface area contributed by atoms with Crippen LogP contribution in [0, 0.1) is 0 Å². The Labute approximate surface area is 885 Å². The van der Waals surface area contributed by atoms with Gasteiger partial charge in [-0.1, -0.05) is 302 Å². The van der Waals surface area contributed by atoms with E-state index in [4.69, 9.17) is 28.1 Å². The van der Waals surface area contributed by atoms with Crippen LogP contribution in [0.4, 0.5) is 5.82 Å². The molecule has 32 heteroatoms. The van der Waals surface area contributed by atoms with Crippen LogP contribution in [0.5, 0.6) is 0 Å². The van der Waals surface area contributed by atoms with Gasteiger partial charge >= 0.3 is 0 Å². The Morgan fingerprint density at radius 1 is 0.342 bits per heavy atom. The Kier molecular flexibility index (Phi) is 46.6. The van der Waals surface area contributed by atoms with Crippen LogP contribution in [0.1, 0.15) is 362 Å². The summed E-state index contributed by atoms with van der Waals surface area (Å²) in [5.41, 5.74) is 46.3. The zero-order chi connectivity index (χ0) is 104. The van der Waals surface area contributed by atoms with Crippen LogP contribution in [-0.2, 0) is 55.3 Å². The Bertz CT molecular complexity index is 7130. The van der Waals surface area contributed by atoms with Gasteiger partial charge in [0.2, 0.25) is 0 Å². The van der Waals surface area contributed by atoms with E-state index >= 15 is 0 Å². The predicted octanol–water partition coefficient (Wildman–Crippen LogP) is 24.5. The molecule has 18 aromatic rings. The molecule has 0 saturated heterocycles. The van der Waals surface area contributed by atoms with Gasteiger partial charge in [-0.15, -0.1) is 0 Å². The fourth-order valence-corrected chi connectivity index (χ4v) is 14.2. The van der Waals surface area contributed by atoms with Crippen molar-refractivity contribution < 1.29 is 29.2 Å². The summed E-state index contributed by atoms with van der Waals surface area (Å²) in [6.45, 7) is 58.7. The number of hydrogen-bond donors (Lipinski definition) is 7. The van der Waals surface area contributed by atoms with Crippen molar-refractivity contribution in [3.05, 3.63) is 311 Å². The first-order chi connectivity index (χ1) is 65.1. The second-order valence-corrected chi connectivity index (χ2v) is 43.8. The molecule has 32 nitrogen and oxygen atoms in total. The number of hydroxylamine groups is 1. The maximum absolute atomic E-state index is 12.0. The van der Waals surface area contributed by atoms with Crippen molar-refractivity contribution in [1.29, 1.82) is 0 Å². The standard InChI is InChI=1S/C14H19N3O.C13H17N3O.C12H15N3O2.2C12H15N3O.C12H17N3.C12H15N3.C11H14N2.C10H13N3.9CH4/c1-14(2,3)10-6-7-12-15-8-11(17(12)9-10)13(18)16(4)5;1-13(2,3)9-5-6-11-15-7-10(12(17)14-4)16(11)8-9;1-12(2,3)8-4-5-10-13-6-9(11(16)14-17)15(10)7-8;1-12(2,3)8-4-5-10-14-6-9(11(13)16)15(10)7-8;1-12(2,3)8-4-5-15-10(6-8)9(7-14-15)11(13)16;1-12(2,3)9-4-5-11-14-7-10(6-13)15(11)8-9;1-12(2,3)8-4-5-10-9(6-8)11(13)15-7-14-10;1-11(2,3)9-4-5-10-12-6-7-13(10)8-9;1-10(2,3)8-4-5-9-11-7-12-13(9)6-8;;;;;;;;;/h6-9H,1-5H3;5-8H,1-4H3,(H,14,17);4-7,17H,1-3H3,(H,14,16);2*4-7H,1-3H3,(H2,13,16);4-5,7-8H,6,13H2,1-3H3;4-7H,1-3H3,(H2,13,14,15);4-8H,1-3H3;4-7H,1-3H3;9*1H4. The molecule has 0 spiro atoms. The largest absolute Gasteiger partial charge is 0.383 e. The Morgan fingerprint density at radius 2 is 0.698 bits per heavy atom. The number of nitrogens with two attached hydrogens (primary N) is 4. The monoisotopic (exact) mass is 2040 g/mol. The summed E-state index contributed by atoms with van der Waals surface area (Å²) < 4.78 is 14.7. The fourth-order valence-electron chi connectivity index (χ4n) is 14.2. The molecule has 149 heavy (non-hydrogen) atoms. The topological polar surface area (TPSA) is 414 Å². The number of aromatic nitrogens is 19. The van der Waals surface area contributed by atoms with Crippen molar-refractivity contribution in [3.63, 3.8) is 0 Å². The lowest BCUT2D eigenvalue weighted by Crippen LogP contribution is -2.23. The number of primary amides is 2. The van der Waals surface area contributed by atoms with E-state index in [1.807, 2.05) is 131 Å². The van der Waals surface area contributed by atoms with Gasteiger partial charge in [0.15, 0.2) is 5.65 Å². The summed E-state index contributed by atoms with van der Waals surface area (Å²) in [5, 5.41) is 20.4. The highest BCUT2D eigenvalue weighted by Gasteiger charge is 2.26. The minimum Gasteiger partial charge on any atom is -0.383 e. The SMILES string of the molecule is C.C.C.C.C.C.C.C.C.CC(C)(C)c1ccc2ncc(C(=O)NO)n2c1.CC(C)(C)c1ccc2ncc(C(N)=O)n2c1.CC(C)(C)c1ccc2ncc(CN)n2c1.CC(C)(C)c1ccc2nccn2c1.CC(C)(C)c1ccc2ncnc(N)c2c1.CC(C)(C)c1ccc2ncnn2c1.CC(C)(C)c1ccn2ncc(C(N)=O)c2c1.CN(C)C(=O)c1cnc2ccc(C(C)(C)C)cn12.CNC(=O)c1cnc2ccc(C(C)(C)C)cn12. The van der Waals surface area contributed by atoms with Gasteiger partial charge in [0, 0.05) is 95.0 Å². The van der Waals surface area contributed by atoms with Crippen LogP contribution >= 0.6 is 0 Å². The molecule has 0 fully saturated rings. The number of amides is 5. The molecule has 0 aliphatic heterocycles. The number of hydrogen-bond acceptors (Lipinski definition) is 19. The van der Waals surface area contributed by atoms with E-state index in [1.165, 1.54) is 58.3 Å². The second-order valence-electron chi connectivity index (χ2n) is 43.8. The Morgan fingerprint density at radius 3 is 1.10 bits per heavy atom. The van der Waals surface area contributed by atoms with Crippen molar-refractivity contribution in [3.8, 4) is 0 Å². The predicted molar refractivity (Wildman–Crippen MR) is 618 cm³/mol. The van der Waals surface area contributed by atoms with Crippen LogP contribution in [0.3, 0.4) is 0 Å². The number of benzene rings is 1. The van der Waals surface area contributed by atoms with Crippen molar-refractivity contribution >= 4 is 91.3 Å². The van der Waals surface area contributed by atoms with E-state index < -0.39 is 17.7 Å². The van der Waals surface area contributed by atoms with E-state index in [9.17, 15) is 24.0 Å². The molecule has 0 unspecified atom stereocenters. The molecule has 0 atom stereocenters. The molecular formula is C117H176N26O6. The molecule has 0 saturated carbocycles. The number of imidazole rings is 6. The number of nitrogen functional groups attached to an aromatic ring is 1. The number of fused-ring (bicyclic) bond motifs is 9. The molecule has 18 rings (SSSR count). The van der Waals surface area contributed by atoms with E-state index in [0.29, 0.717) is 46.3 Å². The maximum atomic E-state index is 12.0. The van der Waals surface area contributed by atoms with Gasteiger partial charge in [0.25, 0.3) is 29.5 Å². The molecule has 11 N–H and O–H groups in total. The molecule has 0 bridgehead atoms. The summed E-state index contributed by atoms with van der Waals surface area (Å²) >= 11 is 0. The third kappa shape index (κ3) is 33.3. The molecule has 0 aliphatic carbocycles. The van der Waals surface area contributed by atoms with E-state index in [-0.39, 0.29) is 127 Å². The molecule has 17 aromatic heterocycles. The summed E-state index contributed by atoms with van der Waals surface area (Å²) in [6.07, 6.45) is 32.3. The van der Waals surface area contributed by atoms with E-state index in [2.05, 4.69) is 317 Å². The maximum Gasteiger partial charge on any atom is 0.293 e. The summed E-state index contributed by atoms with van der Waals surface area (Å²) in [4.78, 5) is 96.6. The molecular weight excluding hydrogens is 1870 g/mol. The first kappa shape index (κ1) is 132. The molecule has 0 radical (unpaired) electrons. The smallest absolute Gasteiger partial charge is 0.293 e.